The van der Waals surface area contributed by atoms with Crippen LogP contribution in [-0.4, -0.2) is 73.9 Å². The van der Waals surface area contributed by atoms with Crippen molar-refractivity contribution in [3.8, 4) is 62.0 Å². The predicted molar refractivity (Wildman–Crippen MR) is 375 cm³/mol. The van der Waals surface area contributed by atoms with Crippen molar-refractivity contribution in [3.05, 3.63) is 204 Å². The molecule has 15 rings (SSSR count). The molecule has 0 aliphatic heterocycles. The summed E-state index contributed by atoms with van der Waals surface area (Å²) in [5.41, 5.74) is 17.7. The summed E-state index contributed by atoms with van der Waals surface area (Å²) < 4.78 is 66.9. The van der Waals surface area contributed by atoms with Gasteiger partial charge in [0.2, 0.25) is 0 Å². The summed E-state index contributed by atoms with van der Waals surface area (Å²) in [7, 11) is 1.96. The van der Waals surface area contributed by atoms with Gasteiger partial charge in [0.15, 0.2) is 17.1 Å². The number of nitrogen functional groups attached to an aromatic ring is 1. The molecule has 0 bridgehead atoms. The summed E-state index contributed by atoms with van der Waals surface area (Å²) in [6, 6.07) is 22.7. The number of aromatic hydroxyl groups is 1. The highest BCUT2D eigenvalue weighted by atomic mass is 35.5. The number of halogens is 5. The fourth-order valence-electron chi connectivity index (χ4n) is 13.2. The zero-order chi connectivity index (χ0) is 69.6. The number of rotatable bonds is 12. The normalized spacial score (nSPS) is 13.2. The minimum absolute atomic E-state index is 0.0453. The van der Waals surface area contributed by atoms with Crippen molar-refractivity contribution in [2.75, 3.05) is 5.73 Å². The number of aromatic amines is 1. The number of H-pyrrole nitrogens is 1. The molecule has 13 aromatic rings. The van der Waals surface area contributed by atoms with Crippen molar-refractivity contribution in [1.82, 2.24) is 68.8 Å². The van der Waals surface area contributed by atoms with Crippen molar-refractivity contribution in [2.45, 2.75) is 137 Å². The van der Waals surface area contributed by atoms with Gasteiger partial charge < -0.3 is 10.8 Å². The van der Waals surface area contributed by atoms with E-state index in [0.29, 0.717) is 45.1 Å². The van der Waals surface area contributed by atoms with E-state index in [4.69, 9.17) is 22.4 Å². The van der Waals surface area contributed by atoms with Crippen LogP contribution in [0.3, 0.4) is 0 Å². The van der Waals surface area contributed by atoms with Crippen molar-refractivity contribution in [3.63, 3.8) is 0 Å². The molecule has 2 aliphatic rings. The van der Waals surface area contributed by atoms with E-state index in [1.54, 1.807) is 19.3 Å². The third kappa shape index (κ3) is 11.8. The molecule has 9 heterocycles. The third-order valence-electron chi connectivity index (χ3n) is 18.3. The van der Waals surface area contributed by atoms with Gasteiger partial charge in [-0.15, -0.1) is 0 Å². The lowest BCUT2D eigenvalue weighted by Crippen LogP contribution is -2.27. The van der Waals surface area contributed by atoms with Crippen molar-refractivity contribution < 1.29 is 22.7 Å². The van der Waals surface area contributed by atoms with Gasteiger partial charge in [0.05, 0.1) is 73.7 Å². The number of nitrogens with one attached hydrogen (secondary N) is 1. The quantitative estimate of drug-likeness (QED) is 0.0764. The SMILES string of the molecule is CC(C)c1nc(=O)n(-c2c(C3CC3)ccnc2C2CC2)c2nc(-c3c(N)cccc3F)c(F)cc12.Cc1cc2[nH]ncc2c(-c2c(-c3ccc4cnn(C)c4c3)nn(C(C)C)c2C)c1Cl.Cc1nccc(C(C)C)c1-n1c(=O)nc(C(C)C)c2cc(F)c(-c3c(O)cccc3F)nc21. The molecule has 500 valence electrons. The van der Waals surface area contributed by atoms with Gasteiger partial charge in [0.1, 0.15) is 40.3 Å². The van der Waals surface area contributed by atoms with Gasteiger partial charge in [0, 0.05) is 81.0 Å². The fraction of sp³-hybridized carbons (Fsp3) is 0.293. The van der Waals surface area contributed by atoms with E-state index in [1.807, 2.05) is 90.8 Å². The van der Waals surface area contributed by atoms with Crippen LogP contribution < -0.4 is 17.1 Å². The molecular formula is C75H72ClF4N15O3. The van der Waals surface area contributed by atoms with Crippen LogP contribution in [0.15, 0.2) is 119 Å². The molecule has 0 spiro atoms. The minimum Gasteiger partial charge on any atom is -0.507 e. The zero-order valence-corrected chi connectivity index (χ0v) is 57.0. The van der Waals surface area contributed by atoms with Crippen LogP contribution in [0.4, 0.5) is 23.2 Å². The van der Waals surface area contributed by atoms with Crippen LogP contribution in [0.2, 0.25) is 5.02 Å². The molecule has 0 radical (unpaired) electrons. The molecule has 0 saturated heterocycles. The van der Waals surface area contributed by atoms with E-state index in [2.05, 4.69) is 88.9 Å². The Hall–Kier alpha value is -10.5. The molecule has 0 amide bonds. The topological polar surface area (TPSA) is 232 Å². The highest BCUT2D eigenvalue weighted by Crippen LogP contribution is 2.49. The standard InChI is InChI=1S/C27H25F2N5O.C25H24F2N4O2.C23H23ClN6/c1-13(2)22-17-12-19(29)24(21-18(28)4-3-5-20(21)30)32-26(17)34(27(35)33-22)25-16(14-6-7-14)10-11-31-23(25)15-8-9-15;1-12(2)15-9-10-28-14(5)23(15)31-24-16(21(13(3)4)30-25(31)33)11-18(27)22(29-24)20-17(26)7-6-8-19(20)32;1-12(2)30-14(4)20(21-17-11-25-27-18(17)8-13(3)22(21)24)23(28-30)15-6-7-16-10-26-29(5)19(16)9-15/h3-5,10-15H,6-9,30H2,1-2H3;6-13,32H,1-5H3;6-12H,1-5H3,(H,25,27). The Bertz CT molecular complexity index is 5420. The maximum atomic E-state index is 15.5. The monoisotopic (exact) mass is 1340 g/mol. The minimum atomic E-state index is -0.830. The lowest BCUT2D eigenvalue weighted by molar-refractivity contribution is 0.470. The number of phenolic OH excluding ortho intramolecular Hbond substituents is 1. The number of benzene rings is 4. The third-order valence-corrected chi connectivity index (χ3v) is 18.7. The molecule has 9 aromatic heterocycles. The summed E-state index contributed by atoms with van der Waals surface area (Å²) >= 11 is 6.89. The molecule has 0 unspecified atom stereocenters. The van der Waals surface area contributed by atoms with E-state index < -0.39 is 40.4 Å². The van der Waals surface area contributed by atoms with E-state index in [-0.39, 0.29) is 69.2 Å². The molecule has 23 heteroatoms. The van der Waals surface area contributed by atoms with Crippen LogP contribution in [0.1, 0.15) is 162 Å². The molecule has 98 heavy (non-hydrogen) atoms. The molecule has 4 N–H and O–H groups in total. The Kier molecular flexibility index (Phi) is 17.4. The largest absolute Gasteiger partial charge is 0.507 e. The first-order valence-corrected chi connectivity index (χ1v) is 33.1. The first-order chi connectivity index (χ1) is 46.8. The highest BCUT2D eigenvalue weighted by molar-refractivity contribution is 6.36. The Morgan fingerprint density at radius 1 is 0.622 bits per heavy atom. The number of aryl methyl sites for hydroxylation is 3. The zero-order valence-electron chi connectivity index (χ0n) is 56.2. The number of nitrogens with zero attached hydrogens (tertiary/aromatic N) is 13. The Morgan fingerprint density at radius 2 is 1.22 bits per heavy atom. The van der Waals surface area contributed by atoms with Gasteiger partial charge in [-0.25, -0.2) is 46.3 Å². The Labute approximate surface area is 566 Å². The number of nitrogens with two attached hydrogens (primary N) is 1. The molecule has 4 aromatic carbocycles. The number of fused-ring (bicyclic) bond motifs is 4. The lowest BCUT2D eigenvalue weighted by Gasteiger charge is -2.20. The maximum absolute atomic E-state index is 15.5. The summed E-state index contributed by atoms with van der Waals surface area (Å²) in [4.78, 5) is 53.5. The summed E-state index contributed by atoms with van der Waals surface area (Å²) in [6.45, 7) is 21.6. The number of pyridine rings is 4. The summed E-state index contributed by atoms with van der Waals surface area (Å²) in [5.74, 6) is -3.21. The van der Waals surface area contributed by atoms with E-state index >= 15 is 8.78 Å². The molecule has 2 aliphatic carbocycles. The Morgan fingerprint density at radius 3 is 1.82 bits per heavy atom. The summed E-state index contributed by atoms with van der Waals surface area (Å²) in [6.07, 6.45) is 11.2. The van der Waals surface area contributed by atoms with Gasteiger partial charge in [0.25, 0.3) is 0 Å². The van der Waals surface area contributed by atoms with Crippen LogP contribution in [0.5, 0.6) is 5.75 Å². The molecule has 2 fully saturated rings. The van der Waals surface area contributed by atoms with Gasteiger partial charge in [-0.05, 0) is 161 Å². The van der Waals surface area contributed by atoms with Gasteiger partial charge in [-0.1, -0.05) is 77.4 Å². The predicted octanol–water partition coefficient (Wildman–Crippen LogP) is 16.8. The van der Waals surface area contributed by atoms with Crippen LogP contribution >= 0.6 is 11.6 Å². The fourth-order valence-corrected chi connectivity index (χ4v) is 13.4. The van der Waals surface area contributed by atoms with Crippen LogP contribution in [0.25, 0.3) is 100 Å². The van der Waals surface area contributed by atoms with Crippen molar-refractivity contribution in [2.24, 2.45) is 7.05 Å². The maximum Gasteiger partial charge on any atom is 0.354 e. The number of phenols is 1. The van der Waals surface area contributed by atoms with Crippen molar-refractivity contribution in [1.29, 1.82) is 0 Å². The number of hydrogen-bond donors (Lipinski definition) is 3. The average Bonchev–Trinajstić information content (AvgIpc) is 1.45. The Balaban J connectivity index is 0.000000133. The van der Waals surface area contributed by atoms with E-state index in [0.717, 1.165) is 109 Å². The number of aromatic nitrogens is 14. The van der Waals surface area contributed by atoms with Crippen LogP contribution in [-0.2, 0) is 7.05 Å². The van der Waals surface area contributed by atoms with Gasteiger partial charge >= 0.3 is 11.4 Å². The second kappa shape index (κ2) is 25.8. The van der Waals surface area contributed by atoms with Gasteiger partial charge in [-0.2, -0.15) is 25.3 Å². The second-order valence-electron chi connectivity index (χ2n) is 26.5. The summed E-state index contributed by atoms with van der Waals surface area (Å²) in [5, 5.41) is 30.6. The highest BCUT2D eigenvalue weighted by Gasteiger charge is 2.36. The average molecular weight is 1340 g/mol. The lowest BCUT2D eigenvalue weighted by atomic mass is 9.94. The second-order valence-corrected chi connectivity index (χ2v) is 26.9. The van der Waals surface area contributed by atoms with Crippen molar-refractivity contribution >= 4 is 61.2 Å². The van der Waals surface area contributed by atoms with Crippen LogP contribution in [0, 0.1) is 44.0 Å². The van der Waals surface area contributed by atoms with E-state index in [1.165, 1.54) is 51.6 Å². The molecule has 0 atom stereocenters. The number of hydrogen-bond acceptors (Lipinski definition) is 13. The first kappa shape index (κ1) is 66.1. The molecule has 2 saturated carbocycles. The van der Waals surface area contributed by atoms with Gasteiger partial charge in [-0.3, -0.25) is 24.4 Å². The first-order valence-electron chi connectivity index (χ1n) is 32.7. The number of anilines is 1. The smallest absolute Gasteiger partial charge is 0.354 e. The molecular weight excluding hydrogens is 1270 g/mol. The molecule has 18 nitrogen and oxygen atoms in total. The van der Waals surface area contributed by atoms with E-state index in [9.17, 15) is 23.5 Å².